The lowest BCUT2D eigenvalue weighted by Crippen LogP contribution is -2.50. The fourth-order valence-corrected chi connectivity index (χ4v) is 4.61. The highest BCUT2D eigenvalue weighted by Crippen LogP contribution is 2.20. The molecule has 0 spiro atoms. The van der Waals surface area contributed by atoms with E-state index in [1.54, 1.807) is 34.9 Å². The first-order valence-corrected chi connectivity index (χ1v) is 9.07. The Balaban J connectivity index is 1.82. The molecular weight excluding hydrogens is 302 g/mol. The Labute approximate surface area is 124 Å². The molecule has 1 N–H and O–H groups in total. The van der Waals surface area contributed by atoms with Crippen LogP contribution in [0.5, 0.6) is 0 Å². The van der Waals surface area contributed by atoms with E-state index in [1.807, 2.05) is 17.5 Å². The van der Waals surface area contributed by atoms with Crippen molar-refractivity contribution in [3.8, 4) is 0 Å². The Hall–Kier alpha value is -0.660. The first kappa shape index (κ1) is 14.7. The number of amides is 1. The number of nitrogens with zero attached hydrogens (tertiary/aromatic N) is 1. The quantitative estimate of drug-likeness (QED) is 0.900. The normalized spacial score (nSPS) is 19.4. The van der Waals surface area contributed by atoms with Crippen LogP contribution in [0.4, 0.5) is 0 Å². The van der Waals surface area contributed by atoms with Crippen LogP contribution in [-0.4, -0.2) is 51.7 Å². The smallest absolute Gasteiger partial charge is 0.327 e. The van der Waals surface area contributed by atoms with Crippen molar-refractivity contribution in [1.82, 2.24) is 4.90 Å². The predicted octanol–water partition coefficient (Wildman–Crippen LogP) is 2.01. The van der Waals surface area contributed by atoms with Crippen LogP contribution in [0.2, 0.25) is 0 Å². The number of hydrogen-bond donors (Lipinski definition) is 1. The van der Waals surface area contributed by atoms with Crippen LogP contribution >= 0.6 is 34.9 Å². The summed E-state index contributed by atoms with van der Waals surface area (Å²) < 4.78 is 0. The highest BCUT2D eigenvalue weighted by molar-refractivity contribution is 7.99. The van der Waals surface area contributed by atoms with Crippen LogP contribution in [0.25, 0.3) is 0 Å². The monoisotopic (exact) mass is 317 g/mol. The van der Waals surface area contributed by atoms with E-state index in [0.717, 1.165) is 11.5 Å². The van der Waals surface area contributed by atoms with Gasteiger partial charge >= 0.3 is 5.97 Å². The van der Waals surface area contributed by atoms with Gasteiger partial charge in [0, 0.05) is 28.7 Å². The molecule has 19 heavy (non-hydrogen) atoms. The zero-order chi connectivity index (χ0) is 13.7. The summed E-state index contributed by atoms with van der Waals surface area (Å²) >= 11 is 4.81. The van der Waals surface area contributed by atoms with Crippen molar-refractivity contribution >= 4 is 46.7 Å². The maximum absolute atomic E-state index is 12.1. The summed E-state index contributed by atoms with van der Waals surface area (Å²) in [4.78, 5) is 25.9. The van der Waals surface area contributed by atoms with Gasteiger partial charge in [-0.05, 0) is 11.4 Å². The van der Waals surface area contributed by atoms with E-state index in [-0.39, 0.29) is 5.91 Å². The molecule has 1 unspecified atom stereocenters. The minimum atomic E-state index is -0.899. The molecule has 104 valence electrons. The third-order valence-electron chi connectivity index (χ3n) is 2.78. The zero-order valence-electron chi connectivity index (χ0n) is 10.3. The summed E-state index contributed by atoms with van der Waals surface area (Å²) in [7, 11) is 0. The third-order valence-corrected chi connectivity index (χ3v) is 5.83. The van der Waals surface area contributed by atoms with E-state index in [0.29, 0.717) is 18.1 Å². The lowest BCUT2D eigenvalue weighted by Gasteiger charge is -2.32. The van der Waals surface area contributed by atoms with E-state index < -0.39 is 12.0 Å². The largest absolute Gasteiger partial charge is 0.480 e. The van der Waals surface area contributed by atoms with Crippen LogP contribution in [0, 0.1) is 0 Å². The lowest BCUT2D eigenvalue weighted by molar-refractivity contribution is -0.148. The summed E-state index contributed by atoms with van der Waals surface area (Å²) in [6.45, 7) is 0.542. The summed E-state index contributed by atoms with van der Waals surface area (Å²) in [6, 6.07) is 3.37. The predicted molar refractivity (Wildman–Crippen MR) is 80.9 cm³/mol. The van der Waals surface area contributed by atoms with E-state index in [2.05, 4.69) is 0 Å². The molecule has 1 aliphatic heterocycles. The highest BCUT2D eigenvalue weighted by atomic mass is 32.2. The van der Waals surface area contributed by atoms with Gasteiger partial charge in [0.15, 0.2) is 0 Å². The SMILES string of the molecule is O=C(O)C1CSCCN1C(=O)CSCc1cccs1. The molecule has 1 atom stereocenters. The third kappa shape index (κ3) is 4.15. The molecule has 1 saturated heterocycles. The maximum atomic E-state index is 12.1. The fourth-order valence-electron chi connectivity index (χ4n) is 1.82. The van der Waals surface area contributed by atoms with E-state index in [4.69, 9.17) is 5.11 Å². The molecule has 1 aromatic heterocycles. The molecule has 1 fully saturated rings. The topological polar surface area (TPSA) is 57.6 Å². The fraction of sp³-hybridized carbons (Fsp3) is 0.500. The maximum Gasteiger partial charge on any atom is 0.327 e. The first-order valence-electron chi connectivity index (χ1n) is 5.88. The van der Waals surface area contributed by atoms with Gasteiger partial charge in [0.05, 0.1) is 5.75 Å². The molecule has 4 nitrogen and oxygen atoms in total. The van der Waals surface area contributed by atoms with E-state index in [9.17, 15) is 9.59 Å². The Morgan fingerprint density at radius 2 is 2.37 bits per heavy atom. The van der Waals surface area contributed by atoms with E-state index in [1.165, 1.54) is 9.78 Å². The molecule has 0 radical (unpaired) electrons. The number of hydrogen-bond acceptors (Lipinski definition) is 5. The van der Waals surface area contributed by atoms with Crippen molar-refractivity contribution in [3.63, 3.8) is 0 Å². The number of thioether (sulfide) groups is 2. The second-order valence-corrected chi connectivity index (χ2v) is 7.26. The summed E-state index contributed by atoms with van der Waals surface area (Å²) in [5.41, 5.74) is 0. The summed E-state index contributed by atoms with van der Waals surface area (Å²) in [5, 5.41) is 11.1. The molecule has 0 aliphatic carbocycles. The number of carboxylic acid groups (broad SMARTS) is 1. The number of thiophene rings is 1. The van der Waals surface area contributed by atoms with Gasteiger partial charge in [0.1, 0.15) is 6.04 Å². The van der Waals surface area contributed by atoms with Gasteiger partial charge in [-0.2, -0.15) is 11.8 Å². The molecule has 0 saturated carbocycles. The van der Waals surface area contributed by atoms with Gasteiger partial charge in [-0.25, -0.2) is 4.79 Å². The number of carbonyl (C=O) groups is 2. The number of aliphatic carboxylic acids is 1. The zero-order valence-corrected chi connectivity index (χ0v) is 12.7. The van der Waals surface area contributed by atoms with Crippen molar-refractivity contribution in [2.24, 2.45) is 0 Å². The first-order chi connectivity index (χ1) is 9.18. The summed E-state index contributed by atoms with van der Waals surface area (Å²) in [5.74, 6) is 1.52. The summed E-state index contributed by atoms with van der Waals surface area (Å²) in [6.07, 6.45) is 0. The van der Waals surface area contributed by atoms with Gasteiger partial charge in [0.25, 0.3) is 0 Å². The Morgan fingerprint density at radius 3 is 3.05 bits per heavy atom. The van der Waals surface area contributed by atoms with Gasteiger partial charge in [-0.15, -0.1) is 23.1 Å². The van der Waals surface area contributed by atoms with Gasteiger partial charge in [-0.3, -0.25) is 4.79 Å². The van der Waals surface area contributed by atoms with Crippen molar-refractivity contribution in [2.75, 3.05) is 23.8 Å². The van der Waals surface area contributed by atoms with Gasteiger partial charge < -0.3 is 10.0 Å². The molecule has 2 heterocycles. The van der Waals surface area contributed by atoms with E-state index >= 15 is 0 Å². The minimum Gasteiger partial charge on any atom is -0.480 e. The Bertz CT molecular complexity index is 435. The highest BCUT2D eigenvalue weighted by Gasteiger charge is 2.31. The Kier molecular flexibility index (Phi) is 5.59. The van der Waals surface area contributed by atoms with Gasteiger partial charge in [0.2, 0.25) is 5.91 Å². The second kappa shape index (κ2) is 7.21. The molecule has 0 aromatic carbocycles. The van der Waals surface area contributed by atoms with Gasteiger partial charge in [-0.1, -0.05) is 6.07 Å². The number of carbonyl (C=O) groups excluding carboxylic acids is 1. The average Bonchev–Trinajstić information content (AvgIpc) is 2.91. The van der Waals surface area contributed by atoms with Crippen molar-refractivity contribution < 1.29 is 14.7 Å². The van der Waals surface area contributed by atoms with Crippen molar-refractivity contribution in [3.05, 3.63) is 22.4 Å². The van der Waals surface area contributed by atoms with Crippen LogP contribution in [0.3, 0.4) is 0 Å². The minimum absolute atomic E-state index is 0.0609. The molecule has 1 amide bonds. The average molecular weight is 317 g/mol. The molecule has 1 aliphatic rings. The number of carboxylic acids is 1. The van der Waals surface area contributed by atoms with Crippen LogP contribution < -0.4 is 0 Å². The van der Waals surface area contributed by atoms with Crippen LogP contribution in [0.1, 0.15) is 4.88 Å². The second-order valence-electron chi connectivity index (χ2n) is 4.09. The van der Waals surface area contributed by atoms with Crippen molar-refractivity contribution in [1.29, 1.82) is 0 Å². The van der Waals surface area contributed by atoms with Crippen LogP contribution in [0.15, 0.2) is 17.5 Å². The molecule has 2 rings (SSSR count). The molecule has 7 heteroatoms. The molecule has 0 bridgehead atoms. The number of rotatable bonds is 5. The lowest BCUT2D eigenvalue weighted by atomic mass is 10.2. The van der Waals surface area contributed by atoms with Crippen LogP contribution in [-0.2, 0) is 15.3 Å². The standard InChI is InChI=1S/C12H15NO3S3/c14-11(8-18-6-9-2-1-4-19-9)13-3-5-17-7-10(13)12(15)16/h1-2,4,10H,3,5-8H2,(H,15,16). The Morgan fingerprint density at radius 1 is 1.53 bits per heavy atom. The molecule has 1 aromatic rings. The molecular formula is C12H15NO3S3. The van der Waals surface area contributed by atoms with Crippen molar-refractivity contribution in [2.45, 2.75) is 11.8 Å².